The minimum Gasteiger partial charge on any atom is -0.464 e. The highest BCUT2D eigenvalue weighted by molar-refractivity contribution is 5.89. The predicted molar refractivity (Wildman–Crippen MR) is 66.8 cm³/mol. The van der Waals surface area contributed by atoms with Crippen molar-refractivity contribution in [3.8, 4) is 17.1 Å². The summed E-state index contributed by atoms with van der Waals surface area (Å²) in [7, 11) is 1.22. The predicted octanol–water partition coefficient (Wildman–Crippen LogP) is 3.07. The molecule has 0 amide bonds. The van der Waals surface area contributed by atoms with Crippen LogP contribution in [0.25, 0.3) is 11.4 Å². The van der Waals surface area contributed by atoms with Crippen molar-refractivity contribution in [2.75, 3.05) is 7.11 Å². The first-order valence-electron chi connectivity index (χ1n) is 5.81. The van der Waals surface area contributed by atoms with Gasteiger partial charge in [-0.1, -0.05) is 12.1 Å². The molecule has 1 N–H and O–H groups in total. The first-order chi connectivity index (χ1) is 9.80. The summed E-state index contributed by atoms with van der Waals surface area (Å²) in [5, 5.41) is 0. The van der Waals surface area contributed by atoms with Crippen LogP contribution in [0.4, 0.5) is 13.2 Å². The van der Waals surface area contributed by atoms with Crippen molar-refractivity contribution in [1.29, 1.82) is 0 Å². The number of hydrogen-bond acceptors (Lipinski definition) is 4. The highest BCUT2D eigenvalue weighted by atomic mass is 19.4. The number of methoxy groups -OCH3 is 1. The van der Waals surface area contributed by atoms with Crippen molar-refractivity contribution < 1.29 is 27.4 Å². The van der Waals surface area contributed by atoms with Gasteiger partial charge in [-0.25, -0.2) is 9.78 Å². The SMILES string of the molecule is COC(=O)c1nc(-c2cccc(OC(F)(F)F)c2)[nH]c1C. The number of rotatable bonds is 3. The first kappa shape index (κ1) is 14.9. The van der Waals surface area contributed by atoms with E-state index in [0.29, 0.717) is 11.3 Å². The van der Waals surface area contributed by atoms with E-state index >= 15 is 0 Å². The second kappa shape index (κ2) is 5.47. The molecule has 2 aromatic rings. The van der Waals surface area contributed by atoms with Crippen molar-refractivity contribution in [2.24, 2.45) is 0 Å². The number of aryl methyl sites for hydroxylation is 1. The standard InChI is InChI=1S/C13H11F3N2O3/c1-7-10(12(19)20-2)18-11(17-7)8-4-3-5-9(6-8)21-13(14,15)16/h3-6H,1-2H3,(H,17,18). The average Bonchev–Trinajstić information content (AvgIpc) is 2.78. The number of nitrogens with zero attached hydrogens (tertiary/aromatic N) is 1. The zero-order valence-corrected chi connectivity index (χ0v) is 11.1. The topological polar surface area (TPSA) is 64.2 Å². The number of alkyl halides is 3. The number of ether oxygens (including phenoxy) is 2. The molecule has 0 fully saturated rings. The van der Waals surface area contributed by atoms with Crippen LogP contribution >= 0.6 is 0 Å². The number of esters is 1. The lowest BCUT2D eigenvalue weighted by Gasteiger charge is -2.09. The van der Waals surface area contributed by atoms with Crippen LogP contribution in [0.1, 0.15) is 16.2 Å². The molecule has 1 heterocycles. The lowest BCUT2D eigenvalue weighted by molar-refractivity contribution is -0.274. The van der Waals surface area contributed by atoms with Gasteiger partial charge >= 0.3 is 12.3 Å². The van der Waals surface area contributed by atoms with Gasteiger partial charge in [0.15, 0.2) is 5.69 Å². The van der Waals surface area contributed by atoms with Gasteiger partial charge in [0, 0.05) is 11.3 Å². The smallest absolute Gasteiger partial charge is 0.464 e. The average molecular weight is 300 g/mol. The number of hydrogen-bond donors (Lipinski definition) is 1. The van der Waals surface area contributed by atoms with Crippen molar-refractivity contribution >= 4 is 5.97 Å². The Bertz CT molecular complexity index is 665. The Hall–Kier alpha value is -2.51. The summed E-state index contributed by atoms with van der Waals surface area (Å²) in [6.45, 7) is 1.61. The van der Waals surface area contributed by atoms with E-state index < -0.39 is 12.3 Å². The van der Waals surface area contributed by atoms with E-state index in [1.165, 1.54) is 25.3 Å². The third-order valence-corrected chi connectivity index (χ3v) is 2.60. The van der Waals surface area contributed by atoms with Crippen LogP contribution in [-0.2, 0) is 4.74 Å². The Labute approximate surface area is 117 Å². The molecule has 21 heavy (non-hydrogen) atoms. The minimum absolute atomic E-state index is 0.0784. The van der Waals surface area contributed by atoms with E-state index in [0.717, 1.165) is 0 Å². The number of nitrogens with one attached hydrogen (secondary N) is 1. The van der Waals surface area contributed by atoms with Crippen LogP contribution < -0.4 is 4.74 Å². The summed E-state index contributed by atoms with van der Waals surface area (Å²) < 4.78 is 45.0. The molecule has 0 saturated heterocycles. The number of aromatic amines is 1. The Morgan fingerprint density at radius 2 is 2.05 bits per heavy atom. The number of aromatic nitrogens is 2. The second-order valence-electron chi connectivity index (χ2n) is 4.13. The number of halogens is 3. The summed E-state index contributed by atoms with van der Waals surface area (Å²) in [6, 6.07) is 5.29. The summed E-state index contributed by atoms with van der Waals surface area (Å²) in [5.41, 5.74) is 0.892. The zero-order chi connectivity index (χ0) is 15.6. The van der Waals surface area contributed by atoms with E-state index in [4.69, 9.17) is 0 Å². The molecule has 0 aliphatic heterocycles. The molecule has 0 unspecified atom stereocenters. The molecule has 0 saturated carbocycles. The van der Waals surface area contributed by atoms with Gasteiger partial charge in [-0.3, -0.25) is 0 Å². The third kappa shape index (κ3) is 3.53. The molecule has 8 heteroatoms. The molecular weight excluding hydrogens is 289 g/mol. The maximum atomic E-state index is 12.2. The molecule has 1 aromatic carbocycles. The van der Waals surface area contributed by atoms with Gasteiger partial charge in [0.25, 0.3) is 0 Å². The molecule has 0 radical (unpaired) electrons. The Morgan fingerprint density at radius 3 is 2.67 bits per heavy atom. The quantitative estimate of drug-likeness (QED) is 0.885. The number of carbonyl (C=O) groups excluding carboxylic acids is 1. The van der Waals surface area contributed by atoms with Gasteiger partial charge in [0.05, 0.1) is 7.11 Å². The van der Waals surface area contributed by atoms with E-state index in [9.17, 15) is 18.0 Å². The molecule has 0 aliphatic carbocycles. The third-order valence-electron chi connectivity index (χ3n) is 2.60. The monoisotopic (exact) mass is 300 g/mol. The fraction of sp³-hybridized carbons (Fsp3) is 0.231. The molecule has 5 nitrogen and oxygen atoms in total. The number of carbonyl (C=O) groups is 1. The molecule has 0 bridgehead atoms. The Kier molecular flexibility index (Phi) is 3.88. The van der Waals surface area contributed by atoms with Crippen LogP contribution in [-0.4, -0.2) is 29.4 Å². The van der Waals surface area contributed by atoms with Crippen LogP contribution in [0.15, 0.2) is 24.3 Å². The van der Waals surface area contributed by atoms with Gasteiger partial charge in [-0.15, -0.1) is 13.2 Å². The van der Waals surface area contributed by atoms with Gasteiger partial charge < -0.3 is 14.5 Å². The van der Waals surface area contributed by atoms with Crippen molar-refractivity contribution in [2.45, 2.75) is 13.3 Å². The van der Waals surface area contributed by atoms with Crippen molar-refractivity contribution in [3.05, 3.63) is 35.7 Å². The highest BCUT2D eigenvalue weighted by Crippen LogP contribution is 2.27. The van der Waals surface area contributed by atoms with Crippen LogP contribution in [0.5, 0.6) is 5.75 Å². The number of imidazole rings is 1. The molecule has 2 rings (SSSR count). The molecule has 1 aromatic heterocycles. The van der Waals surface area contributed by atoms with Gasteiger partial charge in [0.1, 0.15) is 11.6 Å². The van der Waals surface area contributed by atoms with Crippen molar-refractivity contribution in [3.63, 3.8) is 0 Å². The Balaban J connectivity index is 2.34. The van der Waals surface area contributed by atoms with Gasteiger partial charge in [-0.05, 0) is 19.1 Å². The summed E-state index contributed by atoms with van der Waals surface area (Å²) >= 11 is 0. The molecular formula is C13H11F3N2O3. The fourth-order valence-corrected chi connectivity index (χ4v) is 1.73. The lowest BCUT2D eigenvalue weighted by atomic mass is 10.2. The van der Waals surface area contributed by atoms with Crippen LogP contribution in [0.3, 0.4) is 0 Å². The maximum Gasteiger partial charge on any atom is 0.573 e. The largest absolute Gasteiger partial charge is 0.573 e. The minimum atomic E-state index is -4.77. The summed E-state index contributed by atoms with van der Waals surface area (Å²) in [5.74, 6) is -0.744. The van der Waals surface area contributed by atoms with E-state index in [1.54, 1.807) is 13.0 Å². The highest BCUT2D eigenvalue weighted by Gasteiger charge is 2.31. The summed E-state index contributed by atoms with van der Waals surface area (Å²) in [4.78, 5) is 18.3. The molecule has 0 aliphatic rings. The van der Waals surface area contributed by atoms with Crippen molar-refractivity contribution in [1.82, 2.24) is 9.97 Å². The van der Waals surface area contributed by atoms with Crippen LogP contribution in [0, 0.1) is 6.92 Å². The number of H-pyrrole nitrogens is 1. The van der Waals surface area contributed by atoms with Crippen LogP contribution in [0.2, 0.25) is 0 Å². The van der Waals surface area contributed by atoms with E-state index in [2.05, 4.69) is 19.4 Å². The van der Waals surface area contributed by atoms with E-state index in [-0.39, 0.29) is 17.3 Å². The maximum absolute atomic E-state index is 12.2. The zero-order valence-electron chi connectivity index (χ0n) is 11.1. The summed E-state index contributed by atoms with van der Waals surface area (Å²) in [6.07, 6.45) is -4.77. The normalized spacial score (nSPS) is 11.3. The van der Waals surface area contributed by atoms with E-state index in [1.807, 2.05) is 0 Å². The number of benzene rings is 1. The fourth-order valence-electron chi connectivity index (χ4n) is 1.73. The van der Waals surface area contributed by atoms with Gasteiger partial charge in [0.2, 0.25) is 0 Å². The molecule has 0 atom stereocenters. The first-order valence-corrected chi connectivity index (χ1v) is 5.81. The Morgan fingerprint density at radius 1 is 1.33 bits per heavy atom. The lowest BCUT2D eigenvalue weighted by Crippen LogP contribution is -2.17. The second-order valence-corrected chi connectivity index (χ2v) is 4.13. The van der Waals surface area contributed by atoms with Gasteiger partial charge in [-0.2, -0.15) is 0 Å². The molecule has 0 spiro atoms. The molecule has 112 valence electrons.